The van der Waals surface area contributed by atoms with Crippen LogP contribution in [0.2, 0.25) is 0 Å². The highest BCUT2D eigenvalue weighted by Gasteiger charge is 2.06. The Labute approximate surface area is 85.9 Å². The Kier molecular flexibility index (Phi) is 5.93. The maximum Gasteiger partial charge on any atom is 0.129 e. The molecule has 0 aliphatic heterocycles. The molecule has 0 unspecified atom stereocenters. The molecule has 80 valence electrons. The van der Waals surface area contributed by atoms with Gasteiger partial charge in [0.2, 0.25) is 0 Å². The van der Waals surface area contributed by atoms with E-state index in [0.29, 0.717) is 17.9 Å². The van der Waals surface area contributed by atoms with E-state index < -0.39 is 0 Å². The first-order valence-corrected chi connectivity index (χ1v) is 5.05. The van der Waals surface area contributed by atoms with Crippen molar-refractivity contribution in [1.82, 2.24) is 0 Å². The lowest BCUT2D eigenvalue weighted by atomic mass is 10.1. The minimum absolute atomic E-state index is 0.205. The summed E-state index contributed by atoms with van der Waals surface area (Å²) in [5, 5.41) is 0. The highest BCUT2D eigenvalue weighted by molar-refractivity contribution is 5.40. The molecule has 1 nitrogen and oxygen atoms in total. The monoisotopic (exact) mass is 198 g/mol. The van der Waals surface area contributed by atoms with Crippen molar-refractivity contribution in [2.45, 2.75) is 34.6 Å². The van der Waals surface area contributed by atoms with Crippen molar-refractivity contribution in [2.24, 2.45) is 0 Å². The van der Waals surface area contributed by atoms with Gasteiger partial charge in [-0.3, -0.25) is 0 Å². The molecule has 2 heteroatoms. The molecule has 0 saturated carbocycles. The predicted octanol–water partition coefficient (Wildman–Crippen LogP) is 3.87. The molecule has 1 aromatic rings. The van der Waals surface area contributed by atoms with Crippen LogP contribution in [0.15, 0.2) is 12.1 Å². The van der Waals surface area contributed by atoms with Crippen LogP contribution in [0.3, 0.4) is 0 Å². The third kappa shape index (κ3) is 3.02. The Hall–Kier alpha value is -1.05. The van der Waals surface area contributed by atoms with Gasteiger partial charge in [-0.15, -0.1) is 0 Å². The molecule has 0 heterocycles. The second-order valence-corrected chi connectivity index (χ2v) is 2.75. The van der Waals surface area contributed by atoms with E-state index in [0.717, 1.165) is 5.56 Å². The molecule has 1 rings (SSSR count). The van der Waals surface area contributed by atoms with E-state index in [9.17, 15) is 4.39 Å². The Balaban J connectivity index is 0.000000791. The average Bonchev–Trinajstić information content (AvgIpc) is 2.22. The molecule has 0 amide bonds. The molecule has 0 radical (unpaired) electrons. The van der Waals surface area contributed by atoms with Gasteiger partial charge in [0.05, 0.1) is 6.61 Å². The Bertz CT molecular complexity index is 282. The van der Waals surface area contributed by atoms with E-state index in [1.165, 1.54) is 6.07 Å². The normalized spacial score (nSPS) is 9.00. The third-order valence-electron chi connectivity index (χ3n) is 1.83. The van der Waals surface area contributed by atoms with Crippen LogP contribution in [0.5, 0.6) is 5.75 Å². The molecule has 0 N–H and O–H groups in total. The van der Waals surface area contributed by atoms with Gasteiger partial charge in [-0.1, -0.05) is 19.9 Å². The standard InChI is InChI=1S/C10H13FO.C2H6/c1-4-12-10-7(2)5-6-9(11)8(10)3;1-2/h5-6H,4H2,1-3H3;1-2H3. The summed E-state index contributed by atoms with van der Waals surface area (Å²) >= 11 is 0. The number of ether oxygens (including phenoxy) is 1. The van der Waals surface area contributed by atoms with Gasteiger partial charge in [0.25, 0.3) is 0 Å². The molecular weight excluding hydrogens is 179 g/mol. The van der Waals surface area contributed by atoms with Crippen LogP contribution in [-0.2, 0) is 0 Å². The molecule has 0 aliphatic carbocycles. The first-order chi connectivity index (χ1) is 6.66. The third-order valence-corrected chi connectivity index (χ3v) is 1.83. The van der Waals surface area contributed by atoms with Crippen molar-refractivity contribution in [3.8, 4) is 5.75 Å². The summed E-state index contributed by atoms with van der Waals surface area (Å²) in [6.07, 6.45) is 0. The van der Waals surface area contributed by atoms with Crippen LogP contribution < -0.4 is 4.74 Å². The van der Waals surface area contributed by atoms with E-state index >= 15 is 0 Å². The molecule has 1 aromatic carbocycles. The summed E-state index contributed by atoms with van der Waals surface area (Å²) in [6.45, 7) is 10.1. The zero-order valence-electron chi connectivity index (χ0n) is 9.65. The number of benzene rings is 1. The molecule has 0 saturated heterocycles. The van der Waals surface area contributed by atoms with Crippen LogP contribution in [0.1, 0.15) is 31.9 Å². The lowest BCUT2D eigenvalue weighted by Gasteiger charge is -2.10. The second kappa shape index (κ2) is 6.41. The summed E-state index contributed by atoms with van der Waals surface area (Å²) < 4.78 is 18.3. The minimum atomic E-state index is -0.205. The van der Waals surface area contributed by atoms with Crippen molar-refractivity contribution in [3.63, 3.8) is 0 Å². The summed E-state index contributed by atoms with van der Waals surface area (Å²) in [4.78, 5) is 0. The predicted molar refractivity (Wildman–Crippen MR) is 58.4 cm³/mol. The number of hydrogen-bond acceptors (Lipinski definition) is 1. The first-order valence-electron chi connectivity index (χ1n) is 5.05. The van der Waals surface area contributed by atoms with Gasteiger partial charge in [-0.2, -0.15) is 0 Å². The Morgan fingerprint density at radius 1 is 1.21 bits per heavy atom. The minimum Gasteiger partial charge on any atom is -0.493 e. The fourth-order valence-electron chi connectivity index (χ4n) is 1.17. The number of rotatable bonds is 2. The Morgan fingerprint density at radius 3 is 2.29 bits per heavy atom. The lowest BCUT2D eigenvalue weighted by molar-refractivity contribution is 0.333. The number of halogens is 1. The second-order valence-electron chi connectivity index (χ2n) is 2.75. The molecule has 0 aromatic heterocycles. The van der Waals surface area contributed by atoms with Gasteiger partial charge < -0.3 is 4.74 Å². The highest BCUT2D eigenvalue weighted by atomic mass is 19.1. The van der Waals surface area contributed by atoms with E-state index in [1.807, 2.05) is 27.7 Å². The Morgan fingerprint density at radius 2 is 1.79 bits per heavy atom. The van der Waals surface area contributed by atoms with E-state index in [4.69, 9.17) is 4.74 Å². The first kappa shape index (κ1) is 12.9. The number of hydrogen-bond donors (Lipinski definition) is 0. The van der Waals surface area contributed by atoms with Crippen LogP contribution in [0.25, 0.3) is 0 Å². The zero-order valence-corrected chi connectivity index (χ0v) is 9.65. The fourth-order valence-corrected chi connectivity index (χ4v) is 1.17. The van der Waals surface area contributed by atoms with Gasteiger partial charge >= 0.3 is 0 Å². The average molecular weight is 198 g/mol. The van der Waals surface area contributed by atoms with Gasteiger partial charge in [-0.05, 0) is 32.4 Å². The molecule has 0 atom stereocenters. The summed E-state index contributed by atoms with van der Waals surface area (Å²) in [7, 11) is 0. The van der Waals surface area contributed by atoms with Crippen molar-refractivity contribution < 1.29 is 9.13 Å². The SMILES string of the molecule is CC.CCOc1c(C)ccc(F)c1C. The summed E-state index contributed by atoms with van der Waals surface area (Å²) in [6, 6.07) is 3.19. The van der Waals surface area contributed by atoms with Crippen LogP contribution in [0, 0.1) is 19.7 Å². The molecule has 0 spiro atoms. The lowest BCUT2D eigenvalue weighted by Crippen LogP contribution is -1.98. The van der Waals surface area contributed by atoms with E-state index in [2.05, 4.69) is 0 Å². The van der Waals surface area contributed by atoms with Crippen molar-refractivity contribution in [3.05, 3.63) is 29.1 Å². The summed E-state index contributed by atoms with van der Waals surface area (Å²) in [5.74, 6) is 0.474. The van der Waals surface area contributed by atoms with E-state index in [1.54, 1.807) is 13.0 Å². The maximum absolute atomic E-state index is 13.0. The van der Waals surface area contributed by atoms with Crippen molar-refractivity contribution in [1.29, 1.82) is 0 Å². The maximum atomic E-state index is 13.0. The van der Waals surface area contributed by atoms with Crippen molar-refractivity contribution in [2.75, 3.05) is 6.61 Å². The topological polar surface area (TPSA) is 9.23 Å². The molecule has 0 bridgehead atoms. The van der Waals surface area contributed by atoms with Gasteiger partial charge in [0.1, 0.15) is 11.6 Å². The highest BCUT2D eigenvalue weighted by Crippen LogP contribution is 2.24. The fraction of sp³-hybridized carbons (Fsp3) is 0.500. The van der Waals surface area contributed by atoms with Crippen LogP contribution >= 0.6 is 0 Å². The van der Waals surface area contributed by atoms with E-state index in [-0.39, 0.29) is 5.82 Å². The molecular formula is C12H19FO. The van der Waals surface area contributed by atoms with Crippen molar-refractivity contribution >= 4 is 0 Å². The van der Waals surface area contributed by atoms with Crippen LogP contribution in [-0.4, -0.2) is 6.61 Å². The van der Waals surface area contributed by atoms with Crippen LogP contribution in [0.4, 0.5) is 4.39 Å². The smallest absolute Gasteiger partial charge is 0.129 e. The van der Waals surface area contributed by atoms with Gasteiger partial charge in [-0.25, -0.2) is 4.39 Å². The number of aryl methyl sites for hydroxylation is 1. The quantitative estimate of drug-likeness (QED) is 0.701. The molecule has 0 fully saturated rings. The molecule has 0 aliphatic rings. The zero-order chi connectivity index (χ0) is 11.1. The van der Waals surface area contributed by atoms with Gasteiger partial charge in [0, 0.05) is 5.56 Å². The van der Waals surface area contributed by atoms with Gasteiger partial charge in [0.15, 0.2) is 0 Å². The summed E-state index contributed by atoms with van der Waals surface area (Å²) in [5.41, 5.74) is 1.58. The molecule has 14 heavy (non-hydrogen) atoms. The largest absolute Gasteiger partial charge is 0.493 e.